The van der Waals surface area contributed by atoms with Gasteiger partial charge in [0.2, 0.25) is 5.91 Å². The molecule has 0 spiro atoms. The van der Waals surface area contributed by atoms with Crippen molar-refractivity contribution in [3.05, 3.63) is 18.2 Å². The van der Waals surface area contributed by atoms with Crippen molar-refractivity contribution in [2.45, 2.75) is 6.42 Å². The number of amides is 1. The van der Waals surface area contributed by atoms with Crippen LogP contribution in [0, 0.1) is 11.8 Å². The van der Waals surface area contributed by atoms with Crippen molar-refractivity contribution in [3.8, 4) is 11.5 Å². The molecule has 2 aliphatic rings. The Morgan fingerprint density at radius 3 is 2.58 bits per heavy atom. The number of carboxylic acids is 1. The second-order valence-electron chi connectivity index (χ2n) is 4.63. The summed E-state index contributed by atoms with van der Waals surface area (Å²) in [5.74, 6) is -0.900. The summed E-state index contributed by atoms with van der Waals surface area (Å²) < 4.78 is 10.8. The first-order chi connectivity index (χ1) is 9.15. The normalized spacial score (nSPS) is 23.6. The van der Waals surface area contributed by atoms with Gasteiger partial charge in [-0.2, -0.15) is 0 Å². The van der Waals surface area contributed by atoms with E-state index in [0.717, 1.165) is 0 Å². The first kappa shape index (κ1) is 11.8. The molecule has 2 N–H and O–H groups in total. The van der Waals surface area contributed by atoms with Crippen molar-refractivity contribution in [1.82, 2.24) is 0 Å². The van der Waals surface area contributed by atoms with Crippen molar-refractivity contribution in [3.63, 3.8) is 0 Å². The first-order valence-corrected chi connectivity index (χ1v) is 6.08. The summed E-state index contributed by atoms with van der Waals surface area (Å²) in [6.45, 7) is 0.995. The number of hydrogen-bond donors (Lipinski definition) is 2. The SMILES string of the molecule is O=C(O)C1CC1C(=O)Nc1ccc2c(c1)OCCO2. The lowest BCUT2D eigenvalue weighted by Gasteiger charge is -2.19. The molecule has 2 unspecified atom stereocenters. The van der Waals surface area contributed by atoms with Gasteiger partial charge in [0, 0.05) is 11.8 Å². The van der Waals surface area contributed by atoms with Crippen LogP contribution >= 0.6 is 0 Å². The number of hydrogen-bond acceptors (Lipinski definition) is 4. The molecule has 0 bridgehead atoms. The number of anilines is 1. The highest BCUT2D eigenvalue weighted by Crippen LogP contribution is 2.40. The van der Waals surface area contributed by atoms with Gasteiger partial charge >= 0.3 is 5.97 Å². The highest BCUT2D eigenvalue weighted by molar-refractivity contribution is 5.98. The Hall–Kier alpha value is -2.24. The van der Waals surface area contributed by atoms with Gasteiger partial charge < -0.3 is 19.9 Å². The molecule has 100 valence electrons. The second-order valence-corrected chi connectivity index (χ2v) is 4.63. The third-order valence-corrected chi connectivity index (χ3v) is 3.25. The highest BCUT2D eigenvalue weighted by Gasteiger charge is 2.48. The fourth-order valence-corrected chi connectivity index (χ4v) is 2.11. The minimum absolute atomic E-state index is 0.260. The number of nitrogens with one attached hydrogen (secondary N) is 1. The van der Waals surface area contributed by atoms with Gasteiger partial charge in [0.05, 0.1) is 11.8 Å². The van der Waals surface area contributed by atoms with E-state index in [1.165, 1.54) is 0 Å². The Morgan fingerprint density at radius 2 is 1.89 bits per heavy atom. The van der Waals surface area contributed by atoms with Crippen molar-refractivity contribution >= 4 is 17.6 Å². The zero-order chi connectivity index (χ0) is 13.4. The zero-order valence-electron chi connectivity index (χ0n) is 10.1. The Morgan fingerprint density at radius 1 is 1.16 bits per heavy atom. The van der Waals surface area contributed by atoms with Crippen LogP contribution in [0.3, 0.4) is 0 Å². The lowest BCUT2D eigenvalue weighted by Crippen LogP contribution is -2.18. The number of benzene rings is 1. The van der Waals surface area contributed by atoms with Crippen LogP contribution in [0.2, 0.25) is 0 Å². The zero-order valence-corrected chi connectivity index (χ0v) is 10.1. The van der Waals surface area contributed by atoms with Crippen LogP contribution in [0.25, 0.3) is 0 Å². The molecule has 1 fully saturated rings. The summed E-state index contributed by atoms with van der Waals surface area (Å²) in [5, 5.41) is 11.5. The average Bonchev–Trinajstić information content (AvgIpc) is 3.19. The first-order valence-electron chi connectivity index (χ1n) is 6.08. The molecule has 1 aromatic carbocycles. The fourth-order valence-electron chi connectivity index (χ4n) is 2.11. The van der Waals surface area contributed by atoms with Gasteiger partial charge in [-0.3, -0.25) is 9.59 Å². The summed E-state index contributed by atoms with van der Waals surface area (Å²) in [6.07, 6.45) is 0.408. The van der Waals surface area contributed by atoms with Gasteiger partial charge in [-0.25, -0.2) is 0 Å². The molecule has 0 aromatic heterocycles. The summed E-state index contributed by atoms with van der Waals surface area (Å²) >= 11 is 0. The maximum atomic E-state index is 11.8. The van der Waals surface area contributed by atoms with Crippen LogP contribution in [0.15, 0.2) is 18.2 Å². The van der Waals surface area contributed by atoms with E-state index in [1.54, 1.807) is 18.2 Å². The quantitative estimate of drug-likeness (QED) is 0.853. The number of aliphatic carboxylic acids is 1. The monoisotopic (exact) mass is 263 g/mol. The van der Waals surface area contributed by atoms with Crippen LogP contribution in [0.5, 0.6) is 11.5 Å². The van der Waals surface area contributed by atoms with Gasteiger partial charge in [0.15, 0.2) is 11.5 Å². The minimum Gasteiger partial charge on any atom is -0.486 e. The third-order valence-electron chi connectivity index (χ3n) is 3.25. The summed E-state index contributed by atoms with van der Waals surface area (Å²) in [5.41, 5.74) is 0.588. The van der Waals surface area contributed by atoms with Crippen molar-refractivity contribution in [2.75, 3.05) is 18.5 Å². The molecule has 1 aliphatic heterocycles. The molecule has 2 atom stereocenters. The predicted molar refractivity (Wildman–Crippen MR) is 65.3 cm³/mol. The van der Waals surface area contributed by atoms with E-state index in [4.69, 9.17) is 14.6 Å². The minimum atomic E-state index is -0.915. The van der Waals surface area contributed by atoms with Crippen LogP contribution < -0.4 is 14.8 Å². The second kappa shape index (κ2) is 4.46. The van der Waals surface area contributed by atoms with E-state index >= 15 is 0 Å². The number of carboxylic acid groups (broad SMARTS) is 1. The molecule has 1 heterocycles. The smallest absolute Gasteiger partial charge is 0.307 e. The van der Waals surface area contributed by atoms with E-state index in [1.807, 2.05) is 0 Å². The lowest BCUT2D eigenvalue weighted by molar-refractivity contribution is -0.139. The molecule has 19 heavy (non-hydrogen) atoms. The van der Waals surface area contributed by atoms with E-state index in [9.17, 15) is 9.59 Å². The van der Waals surface area contributed by atoms with Gasteiger partial charge in [0.1, 0.15) is 13.2 Å². The van der Waals surface area contributed by atoms with Gasteiger partial charge in [0.25, 0.3) is 0 Å². The molecule has 1 aromatic rings. The third kappa shape index (κ3) is 2.33. The van der Waals surface area contributed by atoms with Crippen molar-refractivity contribution in [1.29, 1.82) is 0 Å². The fraction of sp³-hybridized carbons (Fsp3) is 0.385. The summed E-state index contributed by atoms with van der Waals surface area (Å²) in [6, 6.07) is 5.12. The predicted octanol–water partition coefficient (Wildman–Crippen LogP) is 1.12. The Bertz CT molecular complexity index is 542. The van der Waals surface area contributed by atoms with E-state index in [-0.39, 0.29) is 5.91 Å². The largest absolute Gasteiger partial charge is 0.486 e. The number of carbonyl (C=O) groups is 2. The number of carbonyl (C=O) groups excluding carboxylic acids is 1. The molecular formula is C13H13NO5. The van der Waals surface area contributed by atoms with Crippen molar-refractivity contribution in [2.24, 2.45) is 11.8 Å². The van der Waals surface area contributed by atoms with E-state index in [2.05, 4.69) is 5.32 Å². The number of fused-ring (bicyclic) bond motifs is 1. The Balaban J connectivity index is 1.67. The molecule has 1 aliphatic carbocycles. The lowest BCUT2D eigenvalue weighted by atomic mass is 10.2. The van der Waals surface area contributed by atoms with Crippen molar-refractivity contribution < 1.29 is 24.2 Å². The Kier molecular flexibility index (Phi) is 2.77. The average molecular weight is 263 g/mol. The molecule has 0 radical (unpaired) electrons. The van der Waals surface area contributed by atoms with Crippen LogP contribution in [0.1, 0.15) is 6.42 Å². The van der Waals surface area contributed by atoms with Crippen LogP contribution in [-0.4, -0.2) is 30.2 Å². The van der Waals surface area contributed by atoms with Gasteiger partial charge in [-0.05, 0) is 18.6 Å². The molecule has 3 rings (SSSR count). The molecule has 6 heteroatoms. The summed E-state index contributed by atoms with van der Waals surface area (Å²) in [4.78, 5) is 22.5. The van der Waals surface area contributed by atoms with E-state index in [0.29, 0.717) is 36.8 Å². The van der Waals surface area contributed by atoms with Crippen LogP contribution in [-0.2, 0) is 9.59 Å². The number of ether oxygens (including phenoxy) is 2. The topological polar surface area (TPSA) is 84.9 Å². The standard InChI is InChI=1S/C13H13NO5/c15-12(8-6-9(8)13(16)17)14-7-1-2-10-11(5-7)19-4-3-18-10/h1-2,5,8-9H,3-4,6H2,(H,14,15)(H,16,17). The maximum Gasteiger partial charge on any atom is 0.307 e. The molecular weight excluding hydrogens is 250 g/mol. The molecule has 6 nitrogen and oxygen atoms in total. The number of rotatable bonds is 3. The molecule has 1 saturated carbocycles. The summed E-state index contributed by atoms with van der Waals surface area (Å²) in [7, 11) is 0. The molecule has 0 saturated heterocycles. The maximum absolute atomic E-state index is 11.8. The Labute approximate surface area is 109 Å². The molecule has 1 amide bonds. The van der Waals surface area contributed by atoms with E-state index < -0.39 is 17.8 Å². The van der Waals surface area contributed by atoms with Gasteiger partial charge in [-0.1, -0.05) is 0 Å². The van der Waals surface area contributed by atoms with Crippen LogP contribution in [0.4, 0.5) is 5.69 Å². The van der Waals surface area contributed by atoms with Gasteiger partial charge in [-0.15, -0.1) is 0 Å². The highest BCUT2D eigenvalue weighted by atomic mass is 16.6.